The van der Waals surface area contributed by atoms with Crippen molar-refractivity contribution in [3.8, 4) is 11.3 Å². The van der Waals surface area contributed by atoms with Crippen LogP contribution in [0.1, 0.15) is 27.4 Å². The first kappa shape index (κ1) is 23.6. The molecule has 0 aliphatic carbocycles. The second-order valence-electron chi connectivity index (χ2n) is 7.42. The molecule has 2 aromatic heterocycles. The van der Waals surface area contributed by atoms with Gasteiger partial charge in [0.1, 0.15) is 23.0 Å². The highest BCUT2D eigenvalue weighted by molar-refractivity contribution is 6.05. The lowest BCUT2D eigenvalue weighted by molar-refractivity contribution is -0.137. The Bertz CT molecular complexity index is 1340. The topological polar surface area (TPSA) is 84.5 Å². The maximum absolute atomic E-state index is 13.1. The summed E-state index contributed by atoms with van der Waals surface area (Å²) < 4.78 is 50.0. The van der Waals surface area contributed by atoms with E-state index in [9.17, 15) is 22.8 Å². The highest BCUT2D eigenvalue weighted by Gasteiger charge is 2.30. The second-order valence-corrected chi connectivity index (χ2v) is 7.42. The normalized spacial score (nSPS) is 11.8. The van der Waals surface area contributed by atoms with Crippen molar-refractivity contribution in [1.82, 2.24) is 10.6 Å². The zero-order chi connectivity index (χ0) is 24.8. The van der Waals surface area contributed by atoms with E-state index in [0.29, 0.717) is 11.3 Å². The molecule has 0 unspecified atom stereocenters. The van der Waals surface area contributed by atoms with Gasteiger partial charge in [-0.3, -0.25) is 9.59 Å². The molecule has 0 fully saturated rings. The molecule has 35 heavy (non-hydrogen) atoms. The molecule has 0 atom stereocenters. The fourth-order valence-corrected chi connectivity index (χ4v) is 3.19. The molecule has 2 amide bonds. The van der Waals surface area contributed by atoms with Gasteiger partial charge in [0, 0.05) is 17.2 Å². The van der Waals surface area contributed by atoms with Gasteiger partial charge < -0.3 is 19.5 Å². The van der Waals surface area contributed by atoms with Gasteiger partial charge in [0.2, 0.25) is 0 Å². The Kier molecular flexibility index (Phi) is 6.86. The minimum Gasteiger partial charge on any atom is -0.467 e. The van der Waals surface area contributed by atoms with Crippen molar-refractivity contribution in [1.29, 1.82) is 0 Å². The minimum atomic E-state index is -4.49. The summed E-state index contributed by atoms with van der Waals surface area (Å²) in [6, 6.07) is 19.3. The monoisotopic (exact) mass is 480 g/mol. The lowest BCUT2D eigenvalue weighted by atomic mass is 10.1. The summed E-state index contributed by atoms with van der Waals surface area (Å²) in [6.45, 7) is 0.0814. The molecule has 0 aliphatic heterocycles. The van der Waals surface area contributed by atoms with Crippen LogP contribution in [0, 0.1) is 0 Å². The van der Waals surface area contributed by atoms with Crippen LogP contribution in [0.15, 0.2) is 99.7 Å². The molecule has 0 saturated carbocycles. The van der Waals surface area contributed by atoms with Crippen molar-refractivity contribution in [2.75, 3.05) is 0 Å². The third-order valence-corrected chi connectivity index (χ3v) is 4.92. The van der Waals surface area contributed by atoms with E-state index >= 15 is 0 Å². The van der Waals surface area contributed by atoms with E-state index < -0.39 is 23.6 Å². The van der Waals surface area contributed by atoms with Crippen LogP contribution in [0.2, 0.25) is 0 Å². The van der Waals surface area contributed by atoms with Crippen molar-refractivity contribution >= 4 is 17.9 Å². The van der Waals surface area contributed by atoms with E-state index in [2.05, 4.69) is 10.6 Å². The molecule has 0 radical (unpaired) electrons. The van der Waals surface area contributed by atoms with Crippen molar-refractivity contribution in [3.05, 3.63) is 113 Å². The fourth-order valence-electron chi connectivity index (χ4n) is 3.19. The number of hydrogen-bond acceptors (Lipinski definition) is 4. The molecule has 0 spiro atoms. The first-order chi connectivity index (χ1) is 16.8. The number of carbonyl (C=O) groups is 2. The third kappa shape index (κ3) is 6.08. The van der Waals surface area contributed by atoms with Crippen LogP contribution >= 0.6 is 0 Å². The number of hydrogen-bond donors (Lipinski definition) is 2. The third-order valence-electron chi connectivity index (χ3n) is 4.92. The van der Waals surface area contributed by atoms with E-state index in [0.717, 1.165) is 12.1 Å². The summed E-state index contributed by atoms with van der Waals surface area (Å²) in [5, 5.41) is 5.20. The number of furan rings is 2. The largest absolute Gasteiger partial charge is 0.467 e. The van der Waals surface area contributed by atoms with Crippen LogP contribution in [0.5, 0.6) is 0 Å². The lowest BCUT2D eigenvalue weighted by Crippen LogP contribution is -2.34. The first-order valence-corrected chi connectivity index (χ1v) is 10.5. The fraction of sp³-hybridized carbons (Fsp3) is 0.0769. The van der Waals surface area contributed by atoms with Crippen molar-refractivity contribution in [3.63, 3.8) is 0 Å². The second kappa shape index (κ2) is 10.2. The quantitative estimate of drug-likeness (QED) is 0.335. The average Bonchev–Trinajstić information content (AvgIpc) is 3.54. The van der Waals surface area contributed by atoms with Gasteiger partial charge in [-0.2, -0.15) is 13.2 Å². The molecule has 2 N–H and O–H groups in total. The molecule has 9 heteroatoms. The maximum atomic E-state index is 13.1. The van der Waals surface area contributed by atoms with Gasteiger partial charge in [-0.25, -0.2) is 0 Å². The predicted molar refractivity (Wildman–Crippen MR) is 122 cm³/mol. The van der Waals surface area contributed by atoms with Crippen LogP contribution in [-0.2, 0) is 17.5 Å². The van der Waals surface area contributed by atoms with Gasteiger partial charge in [0.05, 0.1) is 18.4 Å². The Morgan fingerprint density at radius 3 is 2.43 bits per heavy atom. The summed E-state index contributed by atoms with van der Waals surface area (Å²) in [5.74, 6) is -0.282. The van der Waals surface area contributed by atoms with Crippen LogP contribution in [0.25, 0.3) is 17.4 Å². The summed E-state index contributed by atoms with van der Waals surface area (Å²) in [4.78, 5) is 25.5. The number of alkyl halides is 3. The molecule has 178 valence electrons. The molecule has 0 aliphatic rings. The number of halogens is 3. The van der Waals surface area contributed by atoms with Crippen LogP contribution in [0.3, 0.4) is 0 Å². The van der Waals surface area contributed by atoms with E-state index in [4.69, 9.17) is 8.83 Å². The van der Waals surface area contributed by atoms with E-state index in [1.54, 1.807) is 42.5 Å². The SMILES string of the molecule is O=C(NCc1ccco1)C(=Cc1ccc(-c2cccc(C(F)(F)F)c2)o1)NC(=O)c1ccccc1. The van der Waals surface area contributed by atoms with Gasteiger partial charge in [-0.05, 0) is 48.5 Å². The molecular formula is C26H19F3N2O4. The molecule has 4 aromatic rings. The average molecular weight is 480 g/mol. The van der Waals surface area contributed by atoms with Crippen LogP contribution in [-0.4, -0.2) is 11.8 Å². The van der Waals surface area contributed by atoms with E-state index in [1.165, 1.54) is 36.6 Å². The molecule has 4 rings (SSSR count). The van der Waals surface area contributed by atoms with Crippen molar-refractivity contribution in [2.24, 2.45) is 0 Å². The lowest BCUT2D eigenvalue weighted by Gasteiger charge is -2.10. The molecule has 0 bridgehead atoms. The van der Waals surface area contributed by atoms with Gasteiger partial charge in [-0.15, -0.1) is 0 Å². The van der Waals surface area contributed by atoms with Gasteiger partial charge in [-0.1, -0.05) is 30.3 Å². The number of amides is 2. The smallest absolute Gasteiger partial charge is 0.416 e. The maximum Gasteiger partial charge on any atom is 0.416 e. The van der Waals surface area contributed by atoms with Crippen LogP contribution in [0.4, 0.5) is 13.2 Å². The Balaban J connectivity index is 1.59. The molecule has 2 heterocycles. The first-order valence-electron chi connectivity index (χ1n) is 10.5. The zero-order valence-corrected chi connectivity index (χ0v) is 18.1. The summed E-state index contributed by atoms with van der Waals surface area (Å²) in [6.07, 6.45) is -1.73. The van der Waals surface area contributed by atoms with E-state index in [-0.39, 0.29) is 29.3 Å². The van der Waals surface area contributed by atoms with E-state index in [1.807, 2.05) is 0 Å². The van der Waals surface area contributed by atoms with Crippen LogP contribution < -0.4 is 10.6 Å². The zero-order valence-electron chi connectivity index (χ0n) is 18.1. The number of benzene rings is 2. The summed E-state index contributed by atoms with van der Waals surface area (Å²) >= 11 is 0. The van der Waals surface area contributed by atoms with Crippen molar-refractivity contribution in [2.45, 2.75) is 12.7 Å². The number of rotatable bonds is 7. The number of carbonyl (C=O) groups excluding carboxylic acids is 2. The summed E-state index contributed by atoms with van der Waals surface area (Å²) in [7, 11) is 0. The number of nitrogens with one attached hydrogen (secondary N) is 2. The Morgan fingerprint density at radius 2 is 1.71 bits per heavy atom. The predicted octanol–water partition coefficient (Wildman–Crippen LogP) is 5.65. The highest BCUT2D eigenvalue weighted by Crippen LogP contribution is 2.32. The Morgan fingerprint density at radius 1 is 0.914 bits per heavy atom. The molecular weight excluding hydrogens is 461 g/mol. The summed E-state index contributed by atoms with van der Waals surface area (Å²) in [5.41, 5.74) is -0.370. The molecule has 0 saturated heterocycles. The minimum absolute atomic E-state index is 0.0814. The van der Waals surface area contributed by atoms with Gasteiger partial charge in [0.25, 0.3) is 11.8 Å². The standard InChI is InChI=1S/C26H19F3N2O4/c27-26(28,29)19-9-4-8-18(14-19)23-12-11-20(35-23)15-22(25(33)30-16-21-10-5-13-34-21)31-24(32)17-6-2-1-3-7-17/h1-15H,16H2,(H,30,33)(H,31,32). The van der Waals surface area contributed by atoms with Crippen molar-refractivity contribution < 1.29 is 31.6 Å². The Hall–Kier alpha value is -4.53. The Labute approximate surface area is 198 Å². The van der Waals surface area contributed by atoms with Gasteiger partial charge >= 0.3 is 6.18 Å². The highest BCUT2D eigenvalue weighted by atomic mass is 19.4. The van der Waals surface area contributed by atoms with Gasteiger partial charge in [0.15, 0.2) is 0 Å². The molecule has 2 aromatic carbocycles. The molecule has 6 nitrogen and oxygen atoms in total.